The molecule has 1 aromatic heterocycles. The first-order chi connectivity index (χ1) is 17.9. The van der Waals surface area contributed by atoms with Gasteiger partial charge in [0.2, 0.25) is 5.43 Å². The van der Waals surface area contributed by atoms with Crippen molar-refractivity contribution in [3.63, 3.8) is 0 Å². The van der Waals surface area contributed by atoms with Crippen molar-refractivity contribution in [1.29, 1.82) is 0 Å². The lowest BCUT2D eigenvalue weighted by molar-refractivity contribution is 0.0566. The van der Waals surface area contributed by atoms with Gasteiger partial charge in [0.05, 0.1) is 25.3 Å². The van der Waals surface area contributed by atoms with Gasteiger partial charge < -0.3 is 24.3 Å². The molecule has 10 heteroatoms. The molecule has 0 spiro atoms. The van der Waals surface area contributed by atoms with E-state index >= 15 is 0 Å². The van der Waals surface area contributed by atoms with Gasteiger partial charge in [-0.05, 0) is 18.6 Å². The summed E-state index contributed by atoms with van der Waals surface area (Å²) in [6.45, 7) is 2.65. The number of halogens is 2. The van der Waals surface area contributed by atoms with E-state index < -0.39 is 23.0 Å². The lowest BCUT2D eigenvalue weighted by Crippen LogP contribution is -2.51. The molecule has 1 fully saturated rings. The zero-order valence-corrected chi connectivity index (χ0v) is 20.1. The first-order valence-electron chi connectivity index (χ1n) is 12.0. The van der Waals surface area contributed by atoms with Crippen LogP contribution in [0.1, 0.15) is 44.9 Å². The number of rotatable bonds is 7. The second-order valence-electron chi connectivity index (χ2n) is 8.91. The van der Waals surface area contributed by atoms with Crippen molar-refractivity contribution in [2.45, 2.75) is 32.2 Å². The number of pyridine rings is 1. The molecule has 2 aromatic carbocycles. The van der Waals surface area contributed by atoms with E-state index in [1.165, 1.54) is 12.3 Å². The van der Waals surface area contributed by atoms with Crippen molar-refractivity contribution in [2.75, 3.05) is 19.8 Å². The molecule has 5 rings (SSSR count). The van der Waals surface area contributed by atoms with Crippen LogP contribution in [-0.2, 0) is 17.9 Å². The van der Waals surface area contributed by atoms with Crippen LogP contribution < -0.4 is 15.5 Å². The van der Waals surface area contributed by atoms with Gasteiger partial charge in [0.25, 0.3) is 11.8 Å². The molecule has 0 radical (unpaired) electrons. The van der Waals surface area contributed by atoms with Gasteiger partial charge in [0, 0.05) is 30.9 Å². The Hall–Kier alpha value is -4.05. The second-order valence-corrected chi connectivity index (χ2v) is 8.91. The number of ether oxygens (including phenoxy) is 2. The van der Waals surface area contributed by atoms with Crippen LogP contribution in [0.4, 0.5) is 8.78 Å². The molecule has 2 atom stereocenters. The summed E-state index contributed by atoms with van der Waals surface area (Å²) in [6, 6.07) is 11.6. The lowest BCUT2D eigenvalue weighted by atomic mass is 10.0. The van der Waals surface area contributed by atoms with Gasteiger partial charge in [0.1, 0.15) is 23.8 Å². The number of carbonyl (C=O) groups is 2. The smallest absolute Gasteiger partial charge is 0.274 e. The summed E-state index contributed by atoms with van der Waals surface area (Å²) in [5.74, 6) is -2.92. The van der Waals surface area contributed by atoms with Gasteiger partial charge in [0.15, 0.2) is 11.4 Å². The van der Waals surface area contributed by atoms with Crippen LogP contribution in [0.25, 0.3) is 0 Å². The van der Waals surface area contributed by atoms with E-state index in [4.69, 9.17) is 9.47 Å². The maximum Gasteiger partial charge on any atom is 0.274 e. The molecule has 0 saturated carbocycles. The Labute approximate surface area is 211 Å². The number of hydrogen-bond donors (Lipinski definition) is 1. The Morgan fingerprint density at radius 3 is 2.59 bits per heavy atom. The zero-order valence-electron chi connectivity index (χ0n) is 20.1. The fourth-order valence-electron chi connectivity index (χ4n) is 4.80. The summed E-state index contributed by atoms with van der Waals surface area (Å²) < 4.78 is 40.5. The molecule has 0 bridgehead atoms. The van der Waals surface area contributed by atoms with Crippen LogP contribution in [-0.4, -0.2) is 47.1 Å². The third kappa shape index (κ3) is 4.60. The van der Waals surface area contributed by atoms with E-state index in [-0.39, 0.29) is 53.7 Å². The first-order valence-corrected chi connectivity index (χ1v) is 12.0. The number of hydrogen-bond acceptors (Lipinski definition) is 5. The first kappa shape index (κ1) is 24.6. The molecule has 3 heterocycles. The number of nitrogens with zero attached hydrogens (tertiary/aromatic N) is 2. The highest BCUT2D eigenvalue weighted by Crippen LogP contribution is 2.35. The van der Waals surface area contributed by atoms with Gasteiger partial charge in [-0.1, -0.05) is 36.4 Å². The molecule has 2 aliphatic heterocycles. The molecular formula is C27H25F2N3O5. The van der Waals surface area contributed by atoms with Crippen LogP contribution in [0.2, 0.25) is 0 Å². The normalized spacial score (nSPS) is 18.4. The summed E-state index contributed by atoms with van der Waals surface area (Å²) in [5, 5.41) is 2.52. The maximum atomic E-state index is 14.1. The predicted octanol–water partition coefficient (Wildman–Crippen LogP) is 3.05. The van der Waals surface area contributed by atoms with Gasteiger partial charge >= 0.3 is 0 Å². The Bertz CT molecular complexity index is 1410. The topological polar surface area (TPSA) is 89.9 Å². The molecular weight excluding hydrogens is 484 g/mol. The Morgan fingerprint density at radius 2 is 1.86 bits per heavy atom. The molecule has 3 aromatic rings. The number of benzene rings is 2. The van der Waals surface area contributed by atoms with Crippen molar-refractivity contribution < 1.29 is 27.8 Å². The number of fused-ring (bicyclic) bond motifs is 3. The van der Waals surface area contributed by atoms with Crippen LogP contribution in [0.3, 0.4) is 0 Å². The molecule has 1 saturated heterocycles. The van der Waals surface area contributed by atoms with Crippen LogP contribution in [0, 0.1) is 11.6 Å². The van der Waals surface area contributed by atoms with Crippen LogP contribution >= 0.6 is 0 Å². The second kappa shape index (κ2) is 10.1. The fraction of sp³-hybridized carbons (Fsp3) is 0.296. The Kier molecular flexibility index (Phi) is 6.75. The molecule has 2 aliphatic rings. The summed E-state index contributed by atoms with van der Waals surface area (Å²) in [5.41, 5.74) is -0.0965. The highest BCUT2D eigenvalue weighted by molar-refractivity contribution is 5.99. The lowest BCUT2D eigenvalue weighted by Gasteiger charge is -2.39. The fourth-order valence-corrected chi connectivity index (χ4v) is 4.80. The number of amides is 2. The summed E-state index contributed by atoms with van der Waals surface area (Å²) >= 11 is 0. The third-order valence-corrected chi connectivity index (χ3v) is 6.70. The minimum absolute atomic E-state index is 0.0128. The summed E-state index contributed by atoms with van der Waals surface area (Å²) in [4.78, 5) is 41.8. The SMILES string of the molecule is CCN1C(=O)c2c(OCc3ccccc3)c(=O)c(C(=O)NCc3ccc(F)cc3F)cn2[C@H]2COC[C@H]21. The molecule has 37 heavy (non-hydrogen) atoms. The molecule has 0 aliphatic carbocycles. The van der Waals surface area contributed by atoms with E-state index in [1.54, 1.807) is 9.47 Å². The monoisotopic (exact) mass is 509 g/mol. The summed E-state index contributed by atoms with van der Waals surface area (Å²) in [6.07, 6.45) is 1.35. The molecule has 1 N–H and O–H groups in total. The number of likely N-dealkylation sites (N-methyl/N-ethyl adjacent to an activating group) is 1. The largest absolute Gasteiger partial charge is 0.483 e. The Morgan fingerprint density at radius 1 is 1.11 bits per heavy atom. The van der Waals surface area contributed by atoms with E-state index in [1.807, 2.05) is 37.3 Å². The van der Waals surface area contributed by atoms with Gasteiger partial charge in [-0.25, -0.2) is 8.78 Å². The standard InChI is InChI=1S/C27H25F2N3O5/c1-2-31-21-14-36-15-22(21)32-12-19(26(34)30-11-17-8-9-18(28)10-20(17)29)24(33)25(23(32)27(31)35)37-13-16-6-4-3-5-7-16/h3-10,12,21-22H,2,11,13-15H2,1H3,(H,30,34)/t21-,22+/m1/s1. The van der Waals surface area contributed by atoms with E-state index in [9.17, 15) is 23.2 Å². The maximum absolute atomic E-state index is 14.1. The highest BCUT2D eigenvalue weighted by Gasteiger charge is 2.45. The van der Waals surface area contributed by atoms with E-state index in [2.05, 4.69) is 5.32 Å². The number of carbonyl (C=O) groups excluding carboxylic acids is 2. The third-order valence-electron chi connectivity index (χ3n) is 6.70. The van der Waals surface area contributed by atoms with E-state index in [0.29, 0.717) is 19.8 Å². The molecule has 2 amide bonds. The van der Waals surface area contributed by atoms with Crippen molar-refractivity contribution in [2.24, 2.45) is 0 Å². The minimum Gasteiger partial charge on any atom is -0.483 e. The van der Waals surface area contributed by atoms with Gasteiger partial charge in [-0.15, -0.1) is 0 Å². The van der Waals surface area contributed by atoms with E-state index in [0.717, 1.165) is 17.7 Å². The average molecular weight is 510 g/mol. The Balaban J connectivity index is 1.54. The molecule has 8 nitrogen and oxygen atoms in total. The number of nitrogens with one attached hydrogen (secondary N) is 1. The van der Waals surface area contributed by atoms with Crippen LogP contribution in [0.5, 0.6) is 5.75 Å². The quantitative estimate of drug-likeness (QED) is 0.529. The molecule has 192 valence electrons. The number of aromatic nitrogens is 1. The van der Waals surface area contributed by atoms with Crippen molar-refractivity contribution >= 4 is 11.8 Å². The van der Waals surface area contributed by atoms with Gasteiger partial charge in [-0.2, -0.15) is 0 Å². The van der Waals surface area contributed by atoms with Crippen molar-refractivity contribution in [3.05, 3.63) is 99.0 Å². The van der Waals surface area contributed by atoms with Crippen LogP contribution in [0.15, 0.2) is 59.5 Å². The molecule has 0 unspecified atom stereocenters. The zero-order chi connectivity index (χ0) is 26.1. The van der Waals surface area contributed by atoms with Gasteiger partial charge in [-0.3, -0.25) is 14.4 Å². The average Bonchev–Trinajstić information content (AvgIpc) is 3.38. The predicted molar refractivity (Wildman–Crippen MR) is 129 cm³/mol. The highest BCUT2D eigenvalue weighted by atomic mass is 19.1. The van der Waals surface area contributed by atoms with Crippen molar-refractivity contribution in [1.82, 2.24) is 14.8 Å². The summed E-state index contributed by atoms with van der Waals surface area (Å²) in [7, 11) is 0. The minimum atomic E-state index is -0.814. The van der Waals surface area contributed by atoms with Crippen molar-refractivity contribution in [3.8, 4) is 5.75 Å².